The van der Waals surface area contributed by atoms with Crippen molar-refractivity contribution in [2.45, 2.75) is 110 Å². The first-order valence-corrected chi connectivity index (χ1v) is 11.7. The predicted octanol–water partition coefficient (Wildman–Crippen LogP) is 2.41. The van der Waals surface area contributed by atoms with Crippen LogP contribution in [-0.4, -0.2) is 67.7 Å². The zero-order valence-corrected chi connectivity index (χ0v) is 20.4. The van der Waals surface area contributed by atoms with Gasteiger partial charge in [-0.2, -0.15) is 0 Å². The van der Waals surface area contributed by atoms with Crippen molar-refractivity contribution in [1.29, 1.82) is 0 Å². The van der Waals surface area contributed by atoms with Crippen molar-refractivity contribution in [2.75, 3.05) is 13.2 Å². The van der Waals surface area contributed by atoms with Gasteiger partial charge >= 0.3 is 17.9 Å². The number of ether oxygens (including phenoxy) is 5. The molecule has 0 aromatic carbocycles. The number of carbonyl (C=O) groups excluding carboxylic acids is 4. The second-order valence-corrected chi connectivity index (χ2v) is 8.21. The number of amides is 1. The zero-order valence-electron chi connectivity index (χ0n) is 20.4. The smallest absolute Gasteiger partial charge is 0.303 e. The molecule has 1 aliphatic heterocycles. The number of hydrogen-bond acceptors (Lipinski definition) is 9. The van der Waals surface area contributed by atoms with Crippen molar-refractivity contribution in [3.8, 4) is 0 Å². The lowest BCUT2D eigenvalue weighted by Crippen LogP contribution is -2.66. The van der Waals surface area contributed by atoms with Gasteiger partial charge in [-0.05, 0) is 6.42 Å². The molecule has 0 aromatic heterocycles. The summed E-state index contributed by atoms with van der Waals surface area (Å²) in [6.07, 6.45) is 3.54. The Balaban J connectivity index is 2.95. The highest BCUT2D eigenvalue weighted by molar-refractivity contribution is 5.73. The molecular weight excluding hydrogens is 434 g/mol. The minimum atomic E-state index is -1.11. The third-order valence-corrected chi connectivity index (χ3v) is 5.10. The molecule has 1 aliphatic rings. The monoisotopic (exact) mass is 473 g/mol. The van der Waals surface area contributed by atoms with Gasteiger partial charge in [-0.15, -0.1) is 0 Å². The van der Waals surface area contributed by atoms with E-state index in [1.807, 2.05) is 0 Å². The minimum Gasteiger partial charge on any atom is -0.463 e. The molecule has 5 atom stereocenters. The normalized spacial score (nSPS) is 24.6. The molecule has 190 valence electrons. The lowest BCUT2D eigenvalue weighted by atomic mass is 9.96. The van der Waals surface area contributed by atoms with Crippen LogP contribution in [-0.2, 0) is 42.9 Å². The van der Waals surface area contributed by atoms with Gasteiger partial charge in [0.1, 0.15) is 18.8 Å². The molecule has 0 radical (unpaired) electrons. The van der Waals surface area contributed by atoms with Crippen molar-refractivity contribution in [2.24, 2.45) is 0 Å². The Labute approximate surface area is 196 Å². The Morgan fingerprint density at radius 3 is 1.91 bits per heavy atom. The second-order valence-electron chi connectivity index (χ2n) is 8.21. The average molecular weight is 474 g/mol. The van der Waals surface area contributed by atoms with E-state index in [4.69, 9.17) is 23.7 Å². The topological polar surface area (TPSA) is 126 Å². The molecule has 1 N–H and O–H groups in total. The molecule has 0 aliphatic carbocycles. The van der Waals surface area contributed by atoms with Crippen LogP contribution in [0.1, 0.15) is 79.6 Å². The summed E-state index contributed by atoms with van der Waals surface area (Å²) in [5.41, 5.74) is 0. The van der Waals surface area contributed by atoms with Crippen molar-refractivity contribution in [3.05, 3.63) is 0 Å². The van der Waals surface area contributed by atoms with Crippen LogP contribution in [0.5, 0.6) is 0 Å². The first-order valence-electron chi connectivity index (χ1n) is 11.7. The summed E-state index contributed by atoms with van der Waals surface area (Å²) in [6.45, 7) is 7.25. The van der Waals surface area contributed by atoms with Gasteiger partial charge in [-0.3, -0.25) is 19.2 Å². The molecule has 1 saturated heterocycles. The van der Waals surface area contributed by atoms with E-state index >= 15 is 0 Å². The summed E-state index contributed by atoms with van der Waals surface area (Å²) in [4.78, 5) is 46.8. The fraction of sp³-hybridized carbons (Fsp3) is 0.826. The SMILES string of the molecule is CCCCCCCCCO[C@H]1O[C@H](COC(C)=O)[C@@H](OC(C)=O)[C@H](OC(C)=O)[C@H]1NC(C)=O. The first-order chi connectivity index (χ1) is 15.6. The summed E-state index contributed by atoms with van der Waals surface area (Å²) >= 11 is 0. The molecule has 10 nitrogen and oxygen atoms in total. The zero-order chi connectivity index (χ0) is 24.8. The molecular formula is C23H39NO9. The quantitative estimate of drug-likeness (QED) is 0.230. The number of nitrogens with one attached hydrogen (secondary N) is 1. The van der Waals surface area contributed by atoms with Crippen LogP contribution in [0.2, 0.25) is 0 Å². The summed E-state index contributed by atoms with van der Waals surface area (Å²) in [5, 5.41) is 2.69. The Morgan fingerprint density at radius 2 is 1.36 bits per heavy atom. The molecule has 33 heavy (non-hydrogen) atoms. The Hall–Kier alpha value is -2.20. The Kier molecular flexibility index (Phi) is 13.6. The van der Waals surface area contributed by atoms with Crippen molar-refractivity contribution in [3.63, 3.8) is 0 Å². The maximum atomic E-state index is 11.9. The first kappa shape index (κ1) is 28.8. The molecule has 10 heteroatoms. The lowest BCUT2D eigenvalue weighted by molar-refractivity contribution is -0.277. The van der Waals surface area contributed by atoms with Crippen LogP contribution < -0.4 is 5.32 Å². The molecule has 1 amide bonds. The number of hydrogen-bond donors (Lipinski definition) is 1. The van der Waals surface area contributed by atoms with Gasteiger partial charge in [0.15, 0.2) is 18.5 Å². The van der Waals surface area contributed by atoms with Gasteiger partial charge < -0.3 is 29.0 Å². The van der Waals surface area contributed by atoms with Gasteiger partial charge in [-0.1, -0.05) is 45.4 Å². The fourth-order valence-electron chi connectivity index (χ4n) is 3.69. The van der Waals surface area contributed by atoms with Gasteiger partial charge in [0, 0.05) is 34.3 Å². The average Bonchev–Trinajstić information content (AvgIpc) is 2.71. The van der Waals surface area contributed by atoms with Crippen molar-refractivity contribution in [1.82, 2.24) is 5.32 Å². The highest BCUT2D eigenvalue weighted by Crippen LogP contribution is 2.28. The van der Waals surface area contributed by atoms with Gasteiger partial charge in [-0.25, -0.2) is 0 Å². The predicted molar refractivity (Wildman–Crippen MR) is 118 cm³/mol. The van der Waals surface area contributed by atoms with E-state index in [0.717, 1.165) is 19.3 Å². The minimum absolute atomic E-state index is 0.241. The number of carbonyl (C=O) groups is 4. The van der Waals surface area contributed by atoms with Crippen molar-refractivity contribution < 1.29 is 42.9 Å². The highest BCUT2D eigenvalue weighted by Gasteiger charge is 2.51. The summed E-state index contributed by atoms with van der Waals surface area (Å²) < 4.78 is 27.7. The largest absolute Gasteiger partial charge is 0.463 e. The van der Waals surface area contributed by atoms with Gasteiger partial charge in [0.2, 0.25) is 5.91 Å². The van der Waals surface area contributed by atoms with E-state index in [0.29, 0.717) is 6.61 Å². The van der Waals surface area contributed by atoms with E-state index in [1.165, 1.54) is 53.4 Å². The maximum absolute atomic E-state index is 11.9. The van der Waals surface area contributed by atoms with Crippen LogP contribution in [0.4, 0.5) is 0 Å². The van der Waals surface area contributed by atoms with Gasteiger partial charge in [0.25, 0.3) is 0 Å². The van der Waals surface area contributed by atoms with Crippen LogP contribution >= 0.6 is 0 Å². The molecule has 0 aromatic rings. The molecule has 0 spiro atoms. The van der Waals surface area contributed by atoms with Crippen molar-refractivity contribution >= 4 is 23.8 Å². The van der Waals surface area contributed by atoms with Crippen LogP contribution in [0.15, 0.2) is 0 Å². The van der Waals surface area contributed by atoms with Gasteiger partial charge in [0.05, 0.1) is 0 Å². The van der Waals surface area contributed by atoms with E-state index in [-0.39, 0.29) is 6.61 Å². The van der Waals surface area contributed by atoms with Crippen LogP contribution in [0, 0.1) is 0 Å². The van der Waals surface area contributed by atoms with E-state index < -0.39 is 54.5 Å². The number of rotatable bonds is 14. The number of esters is 3. The standard InChI is InChI=1S/C23H39NO9/c1-6-7-8-9-10-11-12-13-29-23-20(24-15(2)25)22(32-18(5)28)21(31-17(4)27)19(33-23)14-30-16(3)26/h19-23H,6-14H2,1-5H3,(H,24,25)/t19-,20-,21-,22-,23+/m1/s1. The highest BCUT2D eigenvalue weighted by atomic mass is 16.7. The maximum Gasteiger partial charge on any atom is 0.303 e. The van der Waals surface area contributed by atoms with Crippen LogP contribution in [0.3, 0.4) is 0 Å². The second kappa shape index (κ2) is 15.6. The summed E-state index contributed by atoms with van der Waals surface area (Å²) in [6, 6.07) is -0.922. The van der Waals surface area contributed by atoms with E-state index in [9.17, 15) is 19.2 Å². The fourth-order valence-corrected chi connectivity index (χ4v) is 3.69. The third kappa shape index (κ3) is 11.5. The molecule has 1 fully saturated rings. The molecule has 0 unspecified atom stereocenters. The number of unbranched alkanes of at least 4 members (excludes halogenated alkanes) is 6. The molecule has 1 heterocycles. The lowest BCUT2D eigenvalue weighted by Gasteiger charge is -2.44. The summed E-state index contributed by atoms with van der Waals surface area (Å²) in [5.74, 6) is -2.22. The van der Waals surface area contributed by atoms with E-state index in [2.05, 4.69) is 12.2 Å². The third-order valence-electron chi connectivity index (χ3n) is 5.10. The summed E-state index contributed by atoms with van der Waals surface area (Å²) in [7, 11) is 0. The van der Waals surface area contributed by atoms with Crippen LogP contribution in [0.25, 0.3) is 0 Å². The Bertz CT molecular complexity index is 639. The Morgan fingerprint density at radius 1 is 0.788 bits per heavy atom. The molecule has 1 rings (SSSR count). The molecule has 0 saturated carbocycles. The molecule has 0 bridgehead atoms. The van der Waals surface area contributed by atoms with E-state index in [1.54, 1.807) is 0 Å².